The molecule has 2 aromatic rings. The van der Waals surface area contributed by atoms with Crippen LogP contribution < -0.4 is 10.5 Å². The number of rotatable bonds is 4. The molecule has 1 aliphatic rings. The monoisotopic (exact) mass is 321 g/mol. The maximum absolute atomic E-state index is 11.3. The van der Waals surface area contributed by atoms with E-state index in [9.17, 15) is 9.59 Å². The second kappa shape index (κ2) is 6.45. The number of aliphatic imine (C=N–C) groups is 1. The number of aromatic nitrogens is 1. The first-order chi connectivity index (χ1) is 11.6. The lowest BCUT2D eigenvalue weighted by Crippen LogP contribution is -2.15. The summed E-state index contributed by atoms with van der Waals surface area (Å²) >= 11 is 0. The maximum atomic E-state index is 11.3. The van der Waals surface area contributed by atoms with Gasteiger partial charge in [0.15, 0.2) is 12.0 Å². The van der Waals surface area contributed by atoms with Gasteiger partial charge in [0.25, 0.3) is 0 Å². The molecule has 0 radical (unpaired) electrons. The van der Waals surface area contributed by atoms with E-state index in [0.717, 1.165) is 5.39 Å². The average Bonchev–Trinajstić information content (AvgIpc) is 2.76. The van der Waals surface area contributed by atoms with Crippen LogP contribution in [0.5, 0.6) is 5.75 Å². The van der Waals surface area contributed by atoms with Crippen molar-refractivity contribution in [2.75, 3.05) is 0 Å². The molecule has 2 heterocycles. The Bertz CT molecular complexity index is 913. The van der Waals surface area contributed by atoms with E-state index in [-0.39, 0.29) is 5.92 Å². The summed E-state index contributed by atoms with van der Waals surface area (Å²) < 4.78 is 5.85. The van der Waals surface area contributed by atoms with E-state index in [4.69, 9.17) is 10.5 Å². The zero-order valence-electron chi connectivity index (χ0n) is 13.0. The molecular weight excluding hydrogens is 306 g/mol. The van der Waals surface area contributed by atoms with Gasteiger partial charge in [0.1, 0.15) is 5.69 Å². The van der Waals surface area contributed by atoms with Crippen LogP contribution >= 0.6 is 0 Å². The molecule has 2 N–H and O–H groups in total. The summed E-state index contributed by atoms with van der Waals surface area (Å²) in [5.41, 5.74) is 5.98. The Hall–Kier alpha value is -3.28. The minimum Gasteiger partial charge on any atom is -0.437 e. The van der Waals surface area contributed by atoms with E-state index in [1.165, 1.54) is 12.4 Å². The van der Waals surface area contributed by atoms with Gasteiger partial charge < -0.3 is 10.5 Å². The molecule has 120 valence electrons. The summed E-state index contributed by atoms with van der Waals surface area (Å²) in [6.45, 7) is 1.90. The number of hydrogen-bond acceptors (Lipinski definition) is 5. The van der Waals surface area contributed by atoms with Crippen LogP contribution in [0, 0.1) is 5.92 Å². The number of amides is 1. The third kappa shape index (κ3) is 3.08. The second-order valence-electron chi connectivity index (χ2n) is 5.38. The molecule has 1 atom stereocenters. The number of allylic oxidation sites excluding steroid dienone is 2. The van der Waals surface area contributed by atoms with Crippen LogP contribution in [0.1, 0.15) is 17.4 Å². The Labute approximate surface area is 138 Å². The molecule has 1 aromatic carbocycles. The van der Waals surface area contributed by atoms with Crippen molar-refractivity contribution in [1.29, 1.82) is 0 Å². The van der Waals surface area contributed by atoms with Crippen LogP contribution in [-0.4, -0.2) is 23.4 Å². The topological polar surface area (TPSA) is 94.6 Å². The first kappa shape index (κ1) is 15.6. The molecule has 24 heavy (non-hydrogen) atoms. The number of carbonyl (C=O) groups excluding carboxylic acids is 2. The van der Waals surface area contributed by atoms with Crippen LogP contribution in [0.2, 0.25) is 0 Å². The molecule has 0 saturated carbocycles. The van der Waals surface area contributed by atoms with Gasteiger partial charge in [-0.25, -0.2) is 9.98 Å². The summed E-state index contributed by atoms with van der Waals surface area (Å²) in [5, 5.41) is 1.46. The van der Waals surface area contributed by atoms with Crippen molar-refractivity contribution >= 4 is 29.2 Å². The minimum absolute atomic E-state index is 0.0709. The van der Waals surface area contributed by atoms with E-state index in [2.05, 4.69) is 9.98 Å². The Kier molecular flexibility index (Phi) is 4.20. The average molecular weight is 321 g/mol. The van der Waals surface area contributed by atoms with Crippen LogP contribution in [0.4, 0.5) is 0 Å². The SMILES string of the molecule is CC1C=C(Oc2cnc(C=O)c3ccccc23)N=CC(C(N)=O)=C1. The van der Waals surface area contributed by atoms with Crippen molar-refractivity contribution in [2.45, 2.75) is 6.92 Å². The van der Waals surface area contributed by atoms with E-state index >= 15 is 0 Å². The highest BCUT2D eigenvalue weighted by Crippen LogP contribution is 2.28. The first-order valence-corrected chi connectivity index (χ1v) is 7.37. The van der Waals surface area contributed by atoms with Gasteiger partial charge in [-0.05, 0) is 12.0 Å². The number of nitrogens with zero attached hydrogens (tertiary/aromatic N) is 2. The highest BCUT2D eigenvalue weighted by atomic mass is 16.5. The van der Waals surface area contributed by atoms with Gasteiger partial charge in [-0.1, -0.05) is 37.3 Å². The van der Waals surface area contributed by atoms with Gasteiger partial charge in [0.2, 0.25) is 11.8 Å². The molecule has 1 aromatic heterocycles. The molecule has 0 bridgehead atoms. The highest BCUT2D eigenvalue weighted by Gasteiger charge is 2.13. The molecule has 1 aliphatic heterocycles. The predicted octanol–water partition coefficient (Wildman–Crippen LogP) is 2.40. The second-order valence-corrected chi connectivity index (χ2v) is 5.38. The molecule has 1 unspecified atom stereocenters. The number of carbonyl (C=O) groups is 2. The van der Waals surface area contributed by atoms with E-state index in [1.54, 1.807) is 18.2 Å². The zero-order valence-corrected chi connectivity index (χ0v) is 13.0. The summed E-state index contributed by atoms with van der Waals surface area (Å²) in [6, 6.07) is 7.33. The molecular formula is C18H15N3O3. The molecule has 1 amide bonds. The molecule has 0 aliphatic carbocycles. The highest BCUT2D eigenvalue weighted by molar-refractivity contribution is 6.11. The summed E-state index contributed by atoms with van der Waals surface area (Å²) in [4.78, 5) is 30.7. The quantitative estimate of drug-likeness (QED) is 0.875. The fourth-order valence-electron chi connectivity index (χ4n) is 2.46. The number of ether oxygens (including phenoxy) is 1. The third-order valence-corrected chi connectivity index (χ3v) is 3.58. The number of hydrogen-bond donors (Lipinski definition) is 1. The predicted molar refractivity (Wildman–Crippen MR) is 90.8 cm³/mol. The van der Waals surface area contributed by atoms with E-state index in [1.807, 2.05) is 25.1 Å². The standard InChI is InChI=1S/C18H15N3O3/c1-11-6-12(18(19)23)8-21-17(7-11)24-16-9-20-15(10-22)13-4-2-3-5-14(13)16/h2-11H,1H3,(H2,19,23). The van der Waals surface area contributed by atoms with Gasteiger partial charge in [-0.3, -0.25) is 9.59 Å². The van der Waals surface area contributed by atoms with Crippen molar-refractivity contribution in [2.24, 2.45) is 16.6 Å². The van der Waals surface area contributed by atoms with E-state index < -0.39 is 5.91 Å². The van der Waals surface area contributed by atoms with Crippen molar-refractivity contribution < 1.29 is 14.3 Å². The summed E-state index contributed by atoms with van der Waals surface area (Å²) in [5.74, 6) is 0.205. The van der Waals surface area contributed by atoms with Gasteiger partial charge in [0, 0.05) is 17.0 Å². The van der Waals surface area contributed by atoms with Crippen LogP contribution in [-0.2, 0) is 4.79 Å². The summed E-state index contributed by atoms with van der Waals surface area (Å²) in [7, 11) is 0. The fourth-order valence-corrected chi connectivity index (χ4v) is 2.46. The van der Waals surface area contributed by atoms with Crippen LogP contribution in [0.25, 0.3) is 10.8 Å². The lowest BCUT2D eigenvalue weighted by Gasteiger charge is -2.10. The molecule has 0 fully saturated rings. The third-order valence-electron chi connectivity index (χ3n) is 3.58. The number of benzene rings is 1. The Morgan fingerprint density at radius 3 is 2.71 bits per heavy atom. The minimum atomic E-state index is -0.539. The van der Waals surface area contributed by atoms with Crippen LogP contribution in [0.3, 0.4) is 0 Å². The number of fused-ring (bicyclic) bond motifs is 1. The molecule has 0 saturated heterocycles. The number of pyridine rings is 1. The number of aldehydes is 1. The molecule has 3 rings (SSSR count). The molecule has 6 nitrogen and oxygen atoms in total. The zero-order chi connectivity index (χ0) is 17.1. The van der Waals surface area contributed by atoms with Crippen molar-refractivity contribution in [3.05, 3.63) is 59.8 Å². The molecule has 0 spiro atoms. The largest absolute Gasteiger partial charge is 0.437 e. The smallest absolute Gasteiger partial charge is 0.249 e. The van der Waals surface area contributed by atoms with Crippen molar-refractivity contribution in [3.63, 3.8) is 0 Å². The normalized spacial score (nSPS) is 17.0. The van der Waals surface area contributed by atoms with Crippen molar-refractivity contribution in [1.82, 2.24) is 4.98 Å². The Balaban J connectivity index is 1.98. The van der Waals surface area contributed by atoms with Crippen LogP contribution in [0.15, 0.2) is 59.1 Å². The fraction of sp³-hybridized carbons (Fsp3) is 0.111. The van der Waals surface area contributed by atoms with E-state index in [0.29, 0.717) is 34.6 Å². The Morgan fingerprint density at radius 2 is 2.00 bits per heavy atom. The van der Waals surface area contributed by atoms with Gasteiger partial charge in [0.05, 0.1) is 11.8 Å². The lowest BCUT2D eigenvalue weighted by molar-refractivity contribution is -0.114. The van der Waals surface area contributed by atoms with Gasteiger partial charge >= 0.3 is 0 Å². The lowest BCUT2D eigenvalue weighted by atomic mass is 10.1. The van der Waals surface area contributed by atoms with Crippen molar-refractivity contribution in [3.8, 4) is 5.75 Å². The number of primary amides is 1. The number of nitrogens with two attached hydrogens (primary N) is 1. The Morgan fingerprint density at radius 1 is 1.25 bits per heavy atom. The first-order valence-electron chi connectivity index (χ1n) is 7.37. The maximum Gasteiger partial charge on any atom is 0.249 e. The summed E-state index contributed by atoms with van der Waals surface area (Å²) in [6.07, 6.45) is 7.07. The molecule has 6 heteroatoms. The van der Waals surface area contributed by atoms with Gasteiger partial charge in [-0.15, -0.1) is 0 Å². The van der Waals surface area contributed by atoms with Gasteiger partial charge in [-0.2, -0.15) is 0 Å².